The molecule has 3 aromatic rings. The Labute approximate surface area is 171 Å². The van der Waals surface area contributed by atoms with Gasteiger partial charge in [-0.1, -0.05) is 30.6 Å². The number of fused-ring (bicyclic) bond motifs is 3. The second-order valence-electron chi connectivity index (χ2n) is 7.54. The summed E-state index contributed by atoms with van der Waals surface area (Å²) in [5, 5.41) is 7.42. The molecule has 1 heterocycles. The molecule has 0 saturated carbocycles. The zero-order valence-electron chi connectivity index (χ0n) is 17.2. The van der Waals surface area contributed by atoms with E-state index in [0.717, 1.165) is 70.8 Å². The molecule has 0 aliphatic heterocycles. The van der Waals surface area contributed by atoms with Gasteiger partial charge in [-0.15, -0.1) is 0 Å². The van der Waals surface area contributed by atoms with Gasteiger partial charge in [0.05, 0.1) is 7.11 Å². The highest BCUT2D eigenvalue weighted by molar-refractivity contribution is 5.92. The maximum Gasteiger partial charge on any atom is 0.224 e. The summed E-state index contributed by atoms with van der Waals surface area (Å²) < 4.78 is 11.1. The van der Waals surface area contributed by atoms with Crippen LogP contribution in [0.2, 0.25) is 0 Å². The minimum atomic E-state index is 0.0505. The van der Waals surface area contributed by atoms with Crippen molar-refractivity contribution in [2.75, 3.05) is 12.4 Å². The van der Waals surface area contributed by atoms with Gasteiger partial charge in [0.15, 0.2) is 5.76 Å². The summed E-state index contributed by atoms with van der Waals surface area (Å²) in [6.07, 6.45) is 4.22. The molecule has 1 aromatic heterocycles. The molecule has 0 radical (unpaired) electrons. The van der Waals surface area contributed by atoms with E-state index >= 15 is 0 Å². The number of aryl methyl sites for hydroxylation is 2. The number of benzene rings is 2. The first kappa shape index (κ1) is 19.2. The van der Waals surface area contributed by atoms with Gasteiger partial charge in [0, 0.05) is 28.8 Å². The Balaban J connectivity index is 1.66. The van der Waals surface area contributed by atoms with Crippen molar-refractivity contribution in [1.82, 2.24) is 5.16 Å². The number of nitrogens with one attached hydrogen (secondary N) is 1. The van der Waals surface area contributed by atoms with Crippen LogP contribution >= 0.6 is 0 Å². The number of hydrogen-bond acceptors (Lipinski definition) is 4. The number of hydrogen-bond donors (Lipinski definition) is 1. The van der Waals surface area contributed by atoms with Crippen molar-refractivity contribution in [2.24, 2.45) is 0 Å². The van der Waals surface area contributed by atoms with Gasteiger partial charge in [-0.25, -0.2) is 0 Å². The summed E-state index contributed by atoms with van der Waals surface area (Å²) in [5.74, 6) is 1.69. The molecular weight excluding hydrogens is 364 g/mol. The van der Waals surface area contributed by atoms with Crippen LogP contribution in [0.25, 0.3) is 22.6 Å². The van der Waals surface area contributed by atoms with Gasteiger partial charge < -0.3 is 14.6 Å². The second-order valence-corrected chi connectivity index (χ2v) is 7.54. The highest BCUT2D eigenvalue weighted by Gasteiger charge is 2.25. The Morgan fingerprint density at radius 2 is 2.07 bits per heavy atom. The van der Waals surface area contributed by atoms with Crippen molar-refractivity contribution < 1.29 is 14.1 Å². The highest BCUT2D eigenvalue weighted by Crippen LogP contribution is 2.40. The van der Waals surface area contributed by atoms with Gasteiger partial charge in [-0.2, -0.15) is 0 Å². The Bertz CT molecular complexity index is 1050. The Kier molecular flexibility index (Phi) is 5.38. The minimum absolute atomic E-state index is 0.0505. The van der Waals surface area contributed by atoms with Gasteiger partial charge in [0.2, 0.25) is 5.91 Å². The number of methoxy groups -OCH3 is 1. The number of nitrogens with zero attached hydrogens (tertiary/aromatic N) is 1. The summed E-state index contributed by atoms with van der Waals surface area (Å²) in [4.78, 5) is 12.2. The fraction of sp³-hybridized carbons (Fsp3) is 0.333. The number of amides is 1. The van der Waals surface area contributed by atoms with Crippen molar-refractivity contribution in [1.29, 1.82) is 0 Å². The molecular formula is C24H26N2O3. The molecule has 0 saturated heterocycles. The molecule has 1 aliphatic carbocycles. The molecule has 0 fully saturated rings. The number of carbonyl (C=O) groups excluding carboxylic acids is 1. The van der Waals surface area contributed by atoms with Crippen LogP contribution < -0.4 is 10.1 Å². The predicted octanol–water partition coefficient (Wildman–Crippen LogP) is 5.55. The van der Waals surface area contributed by atoms with Crippen LogP contribution in [0, 0.1) is 6.92 Å². The van der Waals surface area contributed by atoms with Crippen LogP contribution in [0.15, 0.2) is 40.9 Å². The van der Waals surface area contributed by atoms with Crippen LogP contribution in [0.4, 0.5) is 5.69 Å². The summed E-state index contributed by atoms with van der Waals surface area (Å²) >= 11 is 0. The molecule has 0 unspecified atom stereocenters. The molecule has 2 aromatic carbocycles. The number of ether oxygens (including phenoxy) is 1. The van der Waals surface area contributed by atoms with E-state index in [-0.39, 0.29) is 5.91 Å². The van der Waals surface area contributed by atoms with Gasteiger partial charge >= 0.3 is 0 Å². The van der Waals surface area contributed by atoms with Gasteiger partial charge in [0.1, 0.15) is 11.4 Å². The lowest BCUT2D eigenvalue weighted by atomic mass is 9.88. The lowest BCUT2D eigenvalue weighted by Crippen LogP contribution is -2.12. The second kappa shape index (κ2) is 8.11. The fourth-order valence-corrected chi connectivity index (χ4v) is 3.82. The van der Waals surface area contributed by atoms with Crippen LogP contribution in [-0.4, -0.2) is 18.2 Å². The van der Waals surface area contributed by atoms with E-state index in [1.54, 1.807) is 7.11 Å². The van der Waals surface area contributed by atoms with Crippen molar-refractivity contribution in [2.45, 2.75) is 46.0 Å². The standard InChI is InChI=1S/C24H26N2O3/c1-4-5-6-22(27)25-21-14-17(8-7-15(21)2)24-20-11-9-16-13-18(28-3)10-12-19(16)23(20)26-29-24/h7-8,10,12-14H,4-6,9,11H2,1-3H3,(H,25,27). The molecule has 150 valence electrons. The third-order valence-corrected chi connectivity index (χ3v) is 5.53. The maximum absolute atomic E-state index is 12.2. The van der Waals surface area contributed by atoms with E-state index < -0.39 is 0 Å². The highest BCUT2D eigenvalue weighted by atomic mass is 16.5. The van der Waals surface area contributed by atoms with Gasteiger partial charge in [-0.3, -0.25) is 4.79 Å². The number of aromatic nitrogens is 1. The monoisotopic (exact) mass is 390 g/mol. The molecule has 5 nitrogen and oxygen atoms in total. The largest absolute Gasteiger partial charge is 0.497 e. The van der Waals surface area contributed by atoms with Crippen LogP contribution in [0.5, 0.6) is 5.75 Å². The minimum Gasteiger partial charge on any atom is -0.497 e. The first-order valence-electron chi connectivity index (χ1n) is 10.2. The predicted molar refractivity (Wildman–Crippen MR) is 114 cm³/mol. The Morgan fingerprint density at radius 3 is 2.86 bits per heavy atom. The van der Waals surface area contributed by atoms with Crippen LogP contribution in [0.1, 0.15) is 42.9 Å². The van der Waals surface area contributed by atoms with E-state index in [9.17, 15) is 4.79 Å². The number of unbranched alkanes of at least 4 members (excludes halogenated alkanes) is 1. The molecule has 1 N–H and O–H groups in total. The van der Waals surface area contributed by atoms with Gasteiger partial charge in [-0.05, 0) is 61.6 Å². The molecule has 1 amide bonds. The fourth-order valence-electron chi connectivity index (χ4n) is 3.82. The van der Waals surface area contributed by atoms with Crippen molar-refractivity contribution in [3.8, 4) is 28.3 Å². The van der Waals surface area contributed by atoms with E-state index in [4.69, 9.17) is 9.26 Å². The smallest absolute Gasteiger partial charge is 0.224 e. The van der Waals surface area contributed by atoms with Crippen LogP contribution in [-0.2, 0) is 17.6 Å². The Morgan fingerprint density at radius 1 is 1.21 bits per heavy atom. The number of rotatable bonds is 6. The van der Waals surface area contributed by atoms with Crippen molar-refractivity contribution >= 4 is 11.6 Å². The van der Waals surface area contributed by atoms with E-state index in [0.29, 0.717) is 6.42 Å². The Hall–Kier alpha value is -3.08. The first-order valence-corrected chi connectivity index (χ1v) is 10.2. The van der Waals surface area contributed by atoms with E-state index in [1.165, 1.54) is 5.56 Å². The summed E-state index contributed by atoms with van der Waals surface area (Å²) in [5.41, 5.74) is 7.14. The zero-order valence-corrected chi connectivity index (χ0v) is 17.2. The van der Waals surface area contributed by atoms with Crippen molar-refractivity contribution in [3.05, 3.63) is 53.1 Å². The maximum atomic E-state index is 12.2. The average Bonchev–Trinajstić information content (AvgIpc) is 3.18. The lowest BCUT2D eigenvalue weighted by molar-refractivity contribution is -0.116. The van der Waals surface area contributed by atoms with E-state index in [2.05, 4.69) is 23.5 Å². The van der Waals surface area contributed by atoms with Crippen LogP contribution in [0.3, 0.4) is 0 Å². The molecule has 29 heavy (non-hydrogen) atoms. The topological polar surface area (TPSA) is 64.4 Å². The van der Waals surface area contributed by atoms with Gasteiger partial charge in [0.25, 0.3) is 0 Å². The third kappa shape index (κ3) is 3.77. The molecule has 5 heteroatoms. The number of carbonyl (C=O) groups is 1. The zero-order chi connectivity index (χ0) is 20.4. The molecule has 4 rings (SSSR count). The lowest BCUT2D eigenvalue weighted by Gasteiger charge is -2.16. The number of anilines is 1. The quantitative estimate of drug-likeness (QED) is 0.599. The third-order valence-electron chi connectivity index (χ3n) is 5.53. The molecule has 1 aliphatic rings. The molecule has 0 bridgehead atoms. The SMILES string of the molecule is CCCCC(=O)Nc1cc(-c2onc3c2CCc2cc(OC)ccc2-3)ccc1C. The molecule has 0 atom stereocenters. The van der Waals surface area contributed by atoms with Crippen molar-refractivity contribution in [3.63, 3.8) is 0 Å². The summed E-state index contributed by atoms with van der Waals surface area (Å²) in [6.45, 7) is 4.08. The first-order chi connectivity index (χ1) is 14.1. The summed E-state index contributed by atoms with van der Waals surface area (Å²) in [6, 6.07) is 12.1. The normalized spacial score (nSPS) is 12.2. The molecule has 0 spiro atoms. The summed E-state index contributed by atoms with van der Waals surface area (Å²) in [7, 11) is 1.68. The average molecular weight is 390 g/mol. The van der Waals surface area contributed by atoms with E-state index in [1.807, 2.05) is 37.3 Å².